The van der Waals surface area contributed by atoms with Gasteiger partial charge in [-0.3, -0.25) is 0 Å². The molecule has 0 fully saturated rings. The van der Waals surface area contributed by atoms with Gasteiger partial charge in [0.2, 0.25) is 0 Å². The summed E-state index contributed by atoms with van der Waals surface area (Å²) < 4.78 is 0. The fourth-order valence-corrected chi connectivity index (χ4v) is 2.06. The van der Waals surface area contributed by atoms with Gasteiger partial charge in [0.15, 0.2) is 0 Å². The molecule has 2 rings (SSSR count). The van der Waals surface area contributed by atoms with E-state index in [9.17, 15) is 9.90 Å². The molecule has 0 radical (unpaired) electrons. The summed E-state index contributed by atoms with van der Waals surface area (Å²) in [6.07, 6.45) is 1.50. The van der Waals surface area contributed by atoms with Crippen LogP contribution in [0.5, 0.6) is 0 Å². The minimum Gasteiger partial charge on any atom is -0.480 e. The van der Waals surface area contributed by atoms with Crippen LogP contribution in [0.1, 0.15) is 5.56 Å². The number of hydrogen-bond acceptors (Lipinski definition) is 2. The Balaban J connectivity index is 2.39. The Morgan fingerprint density at radius 3 is 2.63 bits per heavy atom. The second-order valence-corrected chi connectivity index (χ2v) is 4.55. The van der Waals surface area contributed by atoms with Crippen molar-refractivity contribution < 1.29 is 9.90 Å². The molecule has 0 spiro atoms. The van der Waals surface area contributed by atoms with Crippen molar-refractivity contribution in [1.29, 1.82) is 0 Å². The van der Waals surface area contributed by atoms with Crippen LogP contribution in [-0.4, -0.2) is 16.6 Å². The predicted octanol–water partition coefficient (Wildman–Crippen LogP) is 2.51. The Hall–Kier alpha value is -2.35. The van der Waals surface area contributed by atoms with Crippen LogP contribution >= 0.6 is 0 Å². The maximum Gasteiger partial charge on any atom is 0.328 e. The molecule has 0 heterocycles. The fourth-order valence-electron chi connectivity index (χ4n) is 2.06. The van der Waals surface area contributed by atoms with Crippen LogP contribution in [0.15, 0.2) is 60.9 Å². The van der Waals surface area contributed by atoms with E-state index in [-0.39, 0.29) is 6.42 Å². The largest absolute Gasteiger partial charge is 0.480 e. The molecular formula is C16H15NO2. The van der Waals surface area contributed by atoms with Crippen LogP contribution in [0.2, 0.25) is 0 Å². The van der Waals surface area contributed by atoms with Crippen molar-refractivity contribution in [2.75, 3.05) is 0 Å². The molecule has 0 saturated heterocycles. The molecule has 0 aliphatic carbocycles. The number of hydrogen-bond donors (Lipinski definition) is 2. The molecule has 3 nitrogen and oxygen atoms in total. The number of nitrogens with two attached hydrogens (primary N) is 1. The molecule has 1 unspecified atom stereocenters. The first kappa shape index (κ1) is 13.1. The second-order valence-electron chi connectivity index (χ2n) is 4.55. The minimum atomic E-state index is -1.47. The number of carboxylic acids is 1. The van der Waals surface area contributed by atoms with Gasteiger partial charge in [-0.25, -0.2) is 4.79 Å². The molecule has 1 atom stereocenters. The molecule has 0 aliphatic rings. The van der Waals surface area contributed by atoms with E-state index in [0.29, 0.717) is 0 Å². The molecule has 3 N–H and O–H groups in total. The molecule has 2 aromatic rings. The summed E-state index contributed by atoms with van der Waals surface area (Å²) >= 11 is 0. The summed E-state index contributed by atoms with van der Waals surface area (Å²) in [5.74, 6) is -1.09. The van der Waals surface area contributed by atoms with Crippen molar-refractivity contribution in [2.45, 2.75) is 12.0 Å². The summed E-state index contributed by atoms with van der Waals surface area (Å²) in [4.78, 5) is 11.3. The smallest absolute Gasteiger partial charge is 0.328 e. The van der Waals surface area contributed by atoms with Crippen molar-refractivity contribution >= 4 is 16.7 Å². The SMILES string of the molecule is C=C=CC(N)(Cc1ccc2ccccc2c1)C(=O)O. The number of benzene rings is 2. The first-order valence-electron chi connectivity index (χ1n) is 5.92. The third kappa shape index (κ3) is 2.74. The zero-order valence-corrected chi connectivity index (χ0v) is 10.5. The van der Waals surface area contributed by atoms with Gasteiger partial charge in [0.05, 0.1) is 0 Å². The Kier molecular flexibility index (Phi) is 3.52. The number of carbonyl (C=O) groups is 1. The second kappa shape index (κ2) is 5.11. The quantitative estimate of drug-likeness (QED) is 0.823. The van der Waals surface area contributed by atoms with Crippen LogP contribution in [0.4, 0.5) is 0 Å². The molecule has 0 amide bonds. The van der Waals surface area contributed by atoms with Crippen molar-refractivity contribution in [3.05, 3.63) is 66.4 Å². The summed E-state index contributed by atoms with van der Waals surface area (Å²) in [6, 6.07) is 13.7. The van der Waals surface area contributed by atoms with Gasteiger partial charge >= 0.3 is 5.97 Å². The van der Waals surface area contributed by atoms with Gasteiger partial charge in [-0.15, -0.1) is 5.73 Å². The van der Waals surface area contributed by atoms with Gasteiger partial charge in [0.25, 0.3) is 0 Å². The molecule has 0 bridgehead atoms. The van der Waals surface area contributed by atoms with Gasteiger partial charge < -0.3 is 10.8 Å². The van der Waals surface area contributed by atoms with Gasteiger partial charge in [-0.1, -0.05) is 49.0 Å². The molecular weight excluding hydrogens is 238 g/mol. The molecule has 0 aromatic heterocycles. The van der Waals surface area contributed by atoms with Crippen LogP contribution in [0.3, 0.4) is 0 Å². The van der Waals surface area contributed by atoms with Crippen LogP contribution in [-0.2, 0) is 11.2 Å². The zero-order chi connectivity index (χ0) is 13.9. The highest BCUT2D eigenvalue weighted by molar-refractivity contribution is 5.84. The predicted molar refractivity (Wildman–Crippen MR) is 75.9 cm³/mol. The summed E-state index contributed by atoms with van der Waals surface area (Å²) in [6.45, 7) is 3.40. The van der Waals surface area contributed by atoms with Crippen LogP contribution in [0.25, 0.3) is 10.8 Å². The lowest BCUT2D eigenvalue weighted by Crippen LogP contribution is -2.47. The van der Waals surface area contributed by atoms with Crippen molar-refractivity contribution in [3.8, 4) is 0 Å². The Bertz CT molecular complexity index is 667. The summed E-state index contributed by atoms with van der Waals surface area (Å²) in [7, 11) is 0. The molecule has 2 aromatic carbocycles. The van der Waals surface area contributed by atoms with Gasteiger partial charge in [-0.2, -0.15) is 0 Å². The number of aliphatic carboxylic acids is 1. The average molecular weight is 253 g/mol. The van der Waals surface area contributed by atoms with E-state index in [0.717, 1.165) is 16.3 Å². The maximum atomic E-state index is 11.3. The van der Waals surface area contributed by atoms with E-state index >= 15 is 0 Å². The van der Waals surface area contributed by atoms with E-state index < -0.39 is 11.5 Å². The third-order valence-corrected chi connectivity index (χ3v) is 3.07. The molecule has 96 valence electrons. The monoisotopic (exact) mass is 253 g/mol. The molecule has 0 aliphatic heterocycles. The lowest BCUT2D eigenvalue weighted by atomic mass is 9.91. The van der Waals surface area contributed by atoms with Crippen LogP contribution in [0, 0.1) is 0 Å². The first-order valence-corrected chi connectivity index (χ1v) is 5.92. The summed E-state index contributed by atoms with van der Waals surface area (Å²) in [5, 5.41) is 11.4. The Labute approximate surface area is 111 Å². The van der Waals surface area contributed by atoms with E-state index in [1.807, 2.05) is 42.5 Å². The number of rotatable bonds is 4. The fraction of sp³-hybridized carbons (Fsp3) is 0.125. The van der Waals surface area contributed by atoms with Crippen LogP contribution < -0.4 is 5.73 Å². The minimum absolute atomic E-state index is 0.204. The number of fused-ring (bicyclic) bond motifs is 1. The molecule has 0 saturated carbocycles. The lowest BCUT2D eigenvalue weighted by molar-refractivity contribution is -0.141. The highest BCUT2D eigenvalue weighted by atomic mass is 16.4. The Morgan fingerprint density at radius 1 is 1.32 bits per heavy atom. The highest BCUT2D eigenvalue weighted by Crippen LogP contribution is 2.19. The molecule has 3 heteroatoms. The van der Waals surface area contributed by atoms with Gasteiger partial charge in [0, 0.05) is 6.42 Å². The average Bonchev–Trinajstić information content (AvgIpc) is 2.38. The lowest BCUT2D eigenvalue weighted by Gasteiger charge is -2.20. The third-order valence-electron chi connectivity index (χ3n) is 3.07. The Morgan fingerprint density at radius 2 is 2.00 bits per heavy atom. The number of carboxylic acid groups (broad SMARTS) is 1. The molecule has 19 heavy (non-hydrogen) atoms. The van der Waals surface area contributed by atoms with Crippen molar-refractivity contribution in [1.82, 2.24) is 0 Å². The highest BCUT2D eigenvalue weighted by Gasteiger charge is 2.31. The van der Waals surface area contributed by atoms with E-state index in [1.165, 1.54) is 6.08 Å². The first-order chi connectivity index (χ1) is 9.05. The van der Waals surface area contributed by atoms with E-state index in [4.69, 9.17) is 5.73 Å². The van der Waals surface area contributed by atoms with Gasteiger partial charge in [-0.05, 0) is 22.4 Å². The topological polar surface area (TPSA) is 63.3 Å². The maximum absolute atomic E-state index is 11.3. The van der Waals surface area contributed by atoms with Gasteiger partial charge in [0.1, 0.15) is 5.54 Å². The normalized spacial score (nSPS) is 13.5. The van der Waals surface area contributed by atoms with E-state index in [2.05, 4.69) is 12.3 Å². The van der Waals surface area contributed by atoms with Crippen molar-refractivity contribution in [2.24, 2.45) is 5.73 Å². The summed E-state index contributed by atoms with van der Waals surface area (Å²) in [5.41, 5.74) is 7.74. The zero-order valence-electron chi connectivity index (χ0n) is 10.5. The van der Waals surface area contributed by atoms with Crippen molar-refractivity contribution in [3.63, 3.8) is 0 Å². The van der Waals surface area contributed by atoms with E-state index in [1.54, 1.807) is 0 Å². The standard InChI is InChI=1S/C16H15NO2/c1-2-9-16(17,15(18)19)11-12-7-8-13-5-3-4-6-14(13)10-12/h3-10H,1,11,17H2,(H,18,19).